The number of nitrogens with zero attached hydrogens (tertiary/aromatic N) is 1. The van der Waals surface area contributed by atoms with Gasteiger partial charge < -0.3 is 4.98 Å². The van der Waals surface area contributed by atoms with Crippen molar-refractivity contribution in [3.05, 3.63) is 77.2 Å². The minimum Gasteiger partial charge on any atom is -0.361 e. The fourth-order valence-corrected chi connectivity index (χ4v) is 3.38. The van der Waals surface area contributed by atoms with Crippen LogP contribution in [0.2, 0.25) is 0 Å². The topological polar surface area (TPSA) is 49.9 Å². The van der Waals surface area contributed by atoms with Crippen molar-refractivity contribution in [2.45, 2.75) is 13.2 Å². The molecule has 2 N–H and O–H groups in total. The first-order chi connectivity index (χ1) is 12.4. The maximum absolute atomic E-state index is 5.38. The third kappa shape index (κ3) is 2.52. The van der Waals surface area contributed by atoms with Gasteiger partial charge in [-0.1, -0.05) is 48.5 Å². The first-order valence-corrected chi connectivity index (χ1v) is 8.39. The lowest BCUT2D eigenvalue weighted by molar-refractivity contribution is 0.0109. The maximum Gasteiger partial charge on any atom is 0.0957 e. The molecule has 2 aromatic heterocycles. The number of fused-ring (bicyclic) bond motifs is 5. The molecule has 5 rings (SSSR count). The van der Waals surface area contributed by atoms with Crippen LogP contribution in [-0.2, 0) is 18.0 Å². The highest BCUT2D eigenvalue weighted by atomic mass is 16.6. The fourth-order valence-electron chi connectivity index (χ4n) is 3.38. The van der Waals surface area contributed by atoms with Gasteiger partial charge >= 0.3 is 0 Å². The van der Waals surface area contributed by atoms with Crippen molar-refractivity contribution in [2.75, 3.05) is 0 Å². The molecule has 0 saturated carbocycles. The summed E-state index contributed by atoms with van der Waals surface area (Å²) in [5.41, 5.74) is 8.49. The third-order valence-corrected chi connectivity index (χ3v) is 4.68. The van der Waals surface area contributed by atoms with Crippen LogP contribution in [0.4, 0.5) is 0 Å². The Kier molecular flexibility index (Phi) is 3.37. The number of benzene rings is 2. The number of aromatic nitrogens is 2. The molecule has 0 spiro atoms. The minimum atomic E-state index is 0.567. The summed E-state index contributed by atoms with van der Waals surface area (Å²) >= 11 is 0. The maximum atomic E-state index is 5.38. The van der Waals surface area contributed by atoms with Gasteiger partial charge in [0.15, 0.2) is 0 Å². The highest BCUT2D eigenvalue weighted by molar-refractivity contribution is 6.07. The summed E-state index contributed by atoms with van der Waals surface area (Å²) in [4.78, 5) is 13.6. The summed E-state index contributed by atoms with van der Waals surface area (Å²) in [7, 11) is 0. The van der Waals surface area contributed by atoms with Gasteiger partial charge in [0.25, 0.3) is 0 Å². The van der Waals surface area contributed by atoms with Crippen LogP contribution in [-0.4, -0.2) is 9.97 Å². The third-order valence-electron chi connectivity index (χ3n) is 4.68. The first-order valence-electron chi connectivity index (χ1n) is 8.39. The first kappa shape index (κ1) is 14.4. The van der Waals surface area contributed by atoms with E-state index in [4.69, 9.17) is 9.82 Å². The Bertz CT molecular complexity index is 1100. The predicted octanol–water partition coefficient (Wildman–Crippen LogP) is 4.42. The second kappa shape index (κ2) is 5.84. The van der Waals surface area contributed by atoms with Crippen molar-refractivity contribution < 1.29 is 4.84 Å². The number of hydroxylamine groups is 1. The zero-order valence-corrected chi connectivity index (χ0v) is 13.6. The van der Waals surface area contributed by atoms with E-state index in [1.165, 1.54) is 21.9 Å². The number of pyridine rings is 1. The predicted molar refractivity (Wildman–Crippen MR) is 101 cm³/mol. The lowest BCUT2D eigenvalue weighted by Crippen LogP contribution is -2.20. The summed E-state index contributed by atoms with van der Waals surface area (Å²) in [6, 6.07) is 16.8. The van der Waals surface area contributed by atoms with E-state index >= 15 is 0 Å². The highest BCUT2D eigenvalue weighted by Crippen LogP contribution is 2.31. The quantitative estimate of drug-likeness (QED) is 0.573. The van der Waals surface area contributed by atoms with Gasteiger partial charge in [0, 0.05) is 28.2 Å². The second-order valence-corrected chi connectivity index (χ2v) is 6.24. The molecule has 0 saturated heterocycles. The number of hydrogen-bond acceptors (Lipinski definition) is 3. The minimum absolute atomic E-state index is 0.567. The van der Waals surface area contributed by atoms with Crippen molar-refractivity contribution in [1.82, 2.24) is 15.4 Å². The van der Waals surface area contributed by atoms with E-state index in [1.54, 1.807) is 0 Å². The van der Waals surface area contributed by atoms with Gasteiger partial charge in [-0.15, -0.1) is 0 Å². The monoisotopic (exact) mass is 327 g/mol. The molecule has 1 aliphatic heterocycles. The number of hydrogen-bond donors (Lipinski definition) is 2. The molecule has 4 nitrogen and oxygen atoms in total. The Morgan fingerprint density at radius 1 is 1.00 bits per heavy atom. The van der Waals surface area contributed by atoms with Crippen LogP contribution in [0.5, 0.6) is 0 Å². The Balaban J connectivity index is 1.64. The molecule has 0 amide bonds. The summed E-state index contributed by atoms with van der Waals surface area (Å²) in [6.07, 6.45) is 6.25. The average Bonchev–Trinajstić information content (AvgIpc) is 3.06. The van der Waals surface area contributed by atoms with E-state index in [0.29, 0.717) is 13.2 Å². The van der Waals surface area contributed by atoms with Gasteiger partial charge in [-0.3, -0.25) is 9.82 Å². The molecule has 0 atom stereocenters. The van der Waals surface area contributed by atoms with E-state index in [0.717, 1.165) is 22.3 Å². The Morgan fingerprint density at radius 3 is 2.84 bits per heavy atom. The molecule has 0 unspecified atom stereocenters. The molecule has 0 bridgehead atoms. The molecule has 3 heterocycles. The smallest absolute Gasteiger partial charge is 0.0957 e. The Morgan fingerprint density at radius 2 is 1.92 bits per heavy atom. The molecule has 0 aliphatic carbocycles. The molecular weight excluding hydrogens is 310 g/mol. The van der Waals surface area contributed by atoms with Gasteiger partial charge in [0.1, 0.15) is 0 Å². The van der Waals surface area contributed by atoms with Crippen LogP contribution in [0.25, 0.3) is 33.8 Å². The standard InChI is InChI=1S/C21H17N3O/c1-2-4-14(5-3-1)6-8-16-10-18-15(11-22-16)7-9-17-19-13-25-23-12-20(19)24-21(17)18/h1-11,22-23H,12-13H2/b8-6+. The summed E-state index contributed by atoms with van der Waals surface area (Å²) in [5, 5.41) is 3.51. The van der Waals surface area contributed by atoms with Crippen molar-refractivity contribution in [1.29, 1.82) is 0 Å². The normalized spacial score (nSPS) is 14.4. The van der Waals surface area contributed by atoms with E-state index in [2.05, 4.69) is 52.9 Å². The van der Waals surface area contributed by atoms with Gasteiger partial charge in [-0.25, -0.2) is 0 Å². The van der Waals surface area contributed by atoms with E-state index < -0.39 is 0 Å². The summed E-state index contributed by atoms with van der Waals surface area (Å²) < 4.78 is 0. The second-order valence-electron chi connectivity index (χ2n) is 6.24. The molecule has 0 fully saturated rings. The number of nitrogens with one attached hydrogen (secondary N) is 2. The fraction of sp³-hybridized carbons (Fsp3) is 0.0952. The van der Waals surface area contributed by atoms with E-state index in [1.807, 2.05) is 24.4 Å². The Labute approximate surface area is 145 Å². The number of H-pyrrole nitrogens is 1. The lowest BCUT2D eigenvalue weighted by atomic mass is 10.1. The van der Waals surface area contributed by atoms with Crippen molar-refractivity contribution >= 4 is 33.8 Å². The summed E-state index contributed by atoms with van der Waals surface area (Å²) in [6.45, 7) is 1.22. The average molecular weight is 327 g/mol. The summed E-state index contributed by atoms with van der Waals surface area (Å²) in [5.74, 6) is 0. The SMILES string of the molecule is C(=C\c1cc2c(ccc3c4c(nc32)CNOC4)c[nH]1)/c1ccccc1. The van der Waals surface area contributed by atoms with E-state index in [-0.39, 0.29) is 0 Å². The van der Waals surface area contributed by atoms with Crippen LogP contribution in [0, 0.1) is 0 Å². The zero-order valence-electron chi connectivity index (χ0n) is 13.6. The van der Waals surface area contributed by atoms with Crippen LogP contribution in [0.15, 0.2) is 54.7 Å². The van der Waals surface area contributed by atoms with E-state index in [9.17, 15) is 0 Å². The lowest BCUT2D eigenvalue weighted by Gasteiger charge is -2.11. The molecule has 2 aromatic carbocycles. The molecule has 4 heteroatoms. The van der Waals surface area contributed by atoms with Crippen LogP contribution < -0.4 is 5.48 Å². The van der Waals surface area contributed by atoms with Crippen LogP contribution in [0.3, 0.4) is 0 Å². The number of aromatic amines is 1. The number of rotatable bonds is 2. The Hall–Kier alpha value is -2.95. The molecular formula is C21H17N3O. The van der Waals surface area contributed by atoms with Gasteiger partial charge in [-0.2, -0.15) is 5.48 Å². The van der Waals surface area contributed by atoms with Crippen LogP contribution in [0.1, 0.15) is 22.5 Å². The zero-order chi connectivity index (χ0) is 16.6. The van der Waals surface area contributed by atoms with Gasteiger partial charge in [-0.05, 0) is 23.1 Å². The highest BCUT2D eigenvalue weighted by Gasteiger charge is 2.18. The molecule has 4 aromatic rings. The molecule has 25 heavy (non-hydrogen) atoms. The van der Waals surface area contributed by atoms with Gasteiger partial charge in [0.05, 0.1) is 24.4 Å². The van der Waals surface area contributed by atoms with Crippen molar-refractivity contribution in [3.63, 3.8) is 0 Å². The molecule has 1 aliphatic rings. The molecule has 122 valence electrons. The van der Waals surface area contributed by atoms with Gasteiger partial charge in [0.2, 0.25) is 0 Å². The molecule has 0 radical (unpaired) electrons. The van der Waals surface area contributed by atoms with Crippen LogP contribution >= 0.6 is 0 Å². The van der Waals surface area contributed by atoms with Crippen molar-refractivity contribution in [3.8, 4) is 0 Å². The van der Waals surface area contributed by atoms with Crippen molar-refractivity contribution in [2.24, 2.45) is 0 Å². The largest absolute Gasteiger partial charge is 0.361 e.